The Bertz CT molecular complexity index is 923. The molecule has 33 heavy (non-hydrogen) atoms. The molecule has 0 aromatic heterocycles. The zero-order valence-electron chi connectivity index (χ0n) is 18.3. The summed E-state index contributed by atoms with van der Waals surface area (Å²) in [6.07, 6.45) is 0.570. The molecule has 10 heteroatoms. The number of carbonyl (C=O) groups is 2. The first-order chi connectivity index (χ1) is 15.7. The molecule has 1 aromatic carbocycles. The maximum absolute atomic E-state index is 13.4. The van der Waals surface area contributed by atoms with E-state index in [2.05, 4.69) is 10.3 Å². The van der Waals surface area contributed by atoms with E-state index in [4.69, 9.17) is 9.47 Å². The molecule has 1 N–H and O–H groups in total. The van der Waals surface area contributed by atoms with Gasteiger partial charge in [-0.15, -0.1) is 0 Å². The molecule has 2 heterocycles. The van der Waals surface area contributed by atoms with Crippen LogP contribution in [0.4, 0.5) is 18.0 Å². The minimum atomic E-state index is -4.48. The summed E-state index contributed by atoms with van der Waals surface area (Å²) in [6, 6.07) is 4.92. The average molecular weight is 485 g/mol. The van der Waals surface area contributed by atoms with Gasteiger partial charge in [0.05, 0.1) is 23.5 Å². The molecule has 4 rings (SSSR count). The van der Waals surface area contributed by atoms with Crippen molar-refractivity contribution in [2.75, 3.05) is 6.61 Å². The van der Waals surface area contributed by atoms with Crippen molar-refractivity contribution < 1.29 is 32.2 Å². The lowest BCUT2D eigenvalue weighted by atomic mass is 9.84. The van der Waals surface area contributed by atoms with E-state index >= 15 is 0 Å². The monoisotopic (exact) mass is 484 g/mol. The van der Waals surface area contributed by atoms with E-state index < -0.39 is 11.7 Å². The number of nitrogens with zero attached hydrogens (tertiary/aromatic N) is 1. The molecule has 2 amide bonds. The fraction of sp³-hybridized carbons (Fsp3) is 0.609. The van der Waals surface area contributed by atoms with Crippen LogP contribution in [0.15, 0.2) is 29.3 Å². The van der Waals surface area contributed by atoms with Gasteiger partial charge in [-0.1, -0.05) is 36.7 Å². The Balaban J connectivity index is 1.30. The van der Waals surface area contributed by atoms with E-state index in [9.17, 15) is 22.8 Å². The quantitative estimate of drug-likeness (QED) is 0.593. The molecule has 1 aromatic rings. The standard InChI is InChI=1S/C23H27F3N2O4S/c1-13-18(27-21(32-13)16-7-2-3-8-17(16)23(24,25)26)12-31-15-6-4-5-14(11-15)9-10-19-20(29)28-22(30)33-19/h2-3,7-8,13-15,18-19H,4-6,9-12H2,1H3,(H,28,29,30). The maximum atomic E-state index is 13.4. The van der Waals surface area contributed by atoms with Gasteiger partial charge >= 0.3 is 6.18 Å². The average Bonchev–Trinajstić information content (AvgIpc) is 3.31. The Hall–Kier alpha value is -2.07. The zero-order valence-corrected chi connectivity index (χ0v) is 19.1. The van der Waals surface area contributed by atoms with Crippen LogP contribution >= 0.6 is 11.8 Å². The number of thioether (sulfide) groups is 1. The van der Waals surface area contributed by atoms with Gasteiger partial charge in [-0.2, -0.15) is 13.2 Å². The number of hydrogen-bond acceptors (Lipinski definition) is 6. The number of ether oxygens (including phenoxy) is 2. The van der Waals surface area contributed by atoms with E-state index in [0.29, 0.717) is 12.3 Å². The lowest BCUT2D eigenvalue weighted by Crippen LogP contribution is -2.30. The minimum Gasteiger partial charge on any atom is -0.472 e. The van der Waals surface area contributed by atoms with Gasteiger partial charge in [-0.25, -0.2) is 4.99 Å². The van der Waals surface area contributed by atoms with Crippen LogP contribution in [0.3, 0.4) is 0 Å². The molecule has 180 valence electrons. The smallest absolute Gasteiger partial charge is 0.417 e. The summed E-state index contributed by atoms with van der Waals surface area (Å²) < 4.78 is 51.8. The highest BCUT2D eigenvalue weighted by molar-refractivity contribution is 8.15. The maximum Gasteiger partial charge on any atom is 0.417 e. The van der Waals surface area contributed by atoms with E-state index in [-0.39, 0.29) is 52.7 Å². The second-order valence-corrected chi connectivity index (χ2v) is 9.99. The molecule has 2 aliphatic heterocycles. The van der Waals surface area contributed by atoms with Gasteiger partial charge in [0.15, 0.2) is 0 Å². The van der Waals surface area contributed by atoms with E-state index in [1.807, 2.05) is 0 Å². The summed E-state index contributed by atoms with van der Waals surface area (Å²) >= 11 is 1.06. The number of rotatable bonds is 7. The number of imide groups is 1. The first-order valence-electron chi connectivity index (χ1n) is 11.2. The van der Waals surface area contributed by atoms with Crippen molar-refractivity contribution in [2.45, 2.75) is 75.1 Å². The number of amides is 2. The highest BCUT2D eigenvalue weighted by Gasteiger charge is 2.38. The summed E-state index contributed by atoms with van der Waals surface area (Å²) in [5.41, 5.74) is -0.812. The zero-order chi connectivity index (χ0) is 23.6. The number of benzene rings is 1. The molecule has 5 atom stereocenters. The normalized spacial score (nSPS) is 30.2. The number of carbonyl (C=O) groups excluding carboxylic acids is 2. The van der Waals surface area contributed by atoms with Gasteiger partial charge in [-0.05, 0) is 50.7 Å². The first kappa shape index (κ1) is 24.1. The Morgan fingerprint density at radius 1 is 1.21 bits per heavy atom. The molecule has 0 spiro atoms. The van der Waals surface area contributed by atoms with Crippen LogP contribution in [-0.2, 0) is 20.4 Å². The van der Waals surface area contributed by atoms with Crippen LogP contribution in [0, 0.1) is 5.92 Å². The highest BCUT2D eigenvalue weighted by Crippen LogP contribution is 2.35. The second-order valence-electron chi connectivity index (χ2n) is 8.82. The summed E-state index contributed by atoms with van der Waals surface area (Å²) in [7, 11) is 0. The van der Waals surface area contributed by atoms with Gasteiger partial charge in [0.1, 0.15) is 12.1 Å². The molecule has 0 radical (unpaired) electrons. The van der Waals surface area contributed by atoms with Crippen LogP contribution in [0.25, 0.3) is 0 Å². The molecular formula is C23H27F3N2O4S. The fourth-order valence-corrected chi connectivity index (χ4v) is 5.46. The van der Waals surface area contributed by atoms with Crippen LogP contribution in [0.5, 0.6) is 0 Å². The van der Waals surface area contributed by atoms with Crippen molar-refractivity contribution in [1.82, 2.24) is 5.32 Å². The van der Waals surface area contributed by atoms with Crippen LogP contribution < -0.4 is 5.32 Å². The SMILES string of the molecule is CC1OC(c2ccccc2C(F)(F)F)=NC1COC1CCCC(CCC2SC(=O)NC2=O)C1. The van der Waals surface area contributed by atoms with E-state index in [1.54, 1.807) is 6.92 Å². The van der Waals surface area contributed by atoms with Gasteiger partial charge in [-0.3, -0.25) is 14.9 Å². The molecular weight excluding hydrogens is 457 g/mol. The van der Waals surface area contributed by atoms with Crippen molar-refractivity contribution in [1.29, 1.82) is 0 Å². The third-order valence-corrected chi connectivity index (χ3v) is 7.48. The minimum absolute atomic E-state index is 0.00688. The Morgan fingerprint density at radius 2 is 2.00 bits per heavy atom. The van der Waals surface area contributed by atoms with E-state index in [0.717, 1.165) is 49.9 Å². The summed E-state index contributed by atoms with van der Waals surface area (Å²) in [5, 5.41) is 1.74. The third kappa shape index (κ3) is 5.90. The summed E-state index contributed by atoms with van der Waals surface area (Å²) in [5.74, 6) is 0.222. The van der Waals surface area contributed by atoms with Gasteiger partial charge in [0.25, 0.3) is 5.24 Å². The lowest BCUT2D eigenvalue weighted by Gasteiger charge is -2.30. The molecule has 0 bridgehead atoms. The number of aliphatic imine (C=N–C) groups is 1. The van der Waals surface area contributed by atoms with Crippen LogP contribution in [0.2, 0.25) is 0 Å². The molecule has 1 aliphatic carbocycles. The predicted octanol–water partition coefficient (Wildman–Crippen LogP) is 4.95. The van der Waals surface area contributed by atoms with Crippen LogP contribution in [0.1, 0.15) is 56.6 Å². The van der Waals surface area contributed by atoms with Crippen LogP contribution in [-0.4, -0.2) is 47.2 Å². The fourth-order valence-electron chi connectivity index (χ4n) is 4.62. The number of halogens is 3. The number of alkyl halides is 3. The summed E-state index contributed by atoms with van der Waals surface area (Å²) in [6.45, 7) is 2.07. The predicted molar refractivity (Wildman–Crippen MR) is 118 cm³/mol. The topological polar surface area (TPSA) is 77.0 Å². The second kappa shape index (κ2) is 10.0. The van der Waals surface area contributed by atoms with Crippen molar-refractivity contribution in [3.63, 3.8) is 0 Å². The number of nitrogens with one attached hydrogen (secondary N) is 1. The molecule has 5 unspecified atom stereocenters. The number of hydrogen-bond donors (Lipinski definition) is 1. The lowest BCUT2D eigenvalue weighted by molar-refractivity contribution is -0.137. The third-order valence-electron chi connectivity index (χ3n) is 6.43. The Kier molecular flexibility index (Phi) is 7.33. The van der Waals surface area contributed by atoms with Crippen molar-refractivity contribution in [3.8, 4) is 0 Å². The van der Waals surface area contributed by atoms with Crippen molar-refractivity contribution in [3.05, 3.63) is 35.4 Å². The van der Waals surface area contributed by atoms with Crippen molar-refractivity contribution in [2.24, 2.45) is 10.9 Å². The highest BCUT2D eigenvalue weighted by atomic mass is 32.2. The molecule has 3 aliphatic rings. The van der Waals surface area contributed by atoms with Crippen molar-refractivity contribution >= 4 is 28.8 Å². The molecule has 2 fully saturated rings. The van der Waals surface area contributed by atoms with Gasteiger partial charge in [0.2, 0.25) is 11.8 Å². The Morgan fingerprint density at radius 3 is 2.73 bits per heavy atom. The van der Waals surface area contributed by atoms with Gasteiger partial charge < -0.3 is 9.47 Å². The molecule has 1 saturated carbocycles. The molecule has 6 nitrogen and oxygen atoms in total. The molecule has 1 saturated heterocycles. The first-order valence-corrected chi connectivity index (χ1v) is 12.1. The largest absolute Gasteiger partial charge is 0.472 e. The Labute approximate surface area is 194 Å². The summed E-state index contributed by atoms with van der Waals surface area (Å²) in [4.78, 5) is 27.5. The van der Waals surface area contributed by atoms with Gasteiger partial charge in [0, 0.05) is 5.56 Å². The van der Waals surface area contributed by atoms with E-state index in [1.165, 1.54) is 18.2 Å².